The number of thiazole rings is 1. The number of nitrogens with zero attached hydrogens (tertiary/aromatic N) is 2. The summed E-state index contributed by atoms with van der Waals surface area (Å²) in [7, 11) is 0. The summed E-state index contributed by atoms with van der Waals surface area (Å²) < 4.78 is 0. The number of likely N-dealkylation sites (tertiary alicyclic amines) is 1. The highest BCUT2D eigenvalue weighted by Crippen LogP contribution is 2.36. The monoisotopic (exact) mass is 313 g/mol. The second-order valence-corrected chi connectivity index (χ2v) is 7.58. The van der Waals surface area contributed by atoms with Gasteiger partial charge in [0.25, 0.3) is 0 Å². The lowest BCUT2D eigenvalue weighted by Crippen LogP contribution is -2.38. The second kappa shape index (κ2) is 6.11. The zero-order valence-corrected chi connectivity index (χ0v) is 13.6. The molecular weight excluding hydrogens is 290 g/mol. The third kappa shape index (κ3) is 2.83. The first-order valence-corrected chi connectivity index (χ1v) is 9.15. The number of hydrogen-bond donors (Lipinski definition) is 1. The lowest BCUT2D eigenvalue weighted by atomic mass is 9.78. The minimum absolute atomic E-state index is 0.416. The molecule has 4 heteroatoms. The van der Waals surface area contributed by atoms with E-state index in [0.29, 0.717) is 12.0 Å². The maximum Gasteiger partial charge on any atom is 0.123 e. The van der Waals surface area contributed by atoms with Crippen LogP contribution < -0.4 is 5.73 Å². The molecule has 22 heavy (non-hydrogen) atoms. The summed E-state index contributed by atoms with van der Waals surface area (Å²) in [6.45, 7) is 3.34. The van der Waals surface area contributed by atoms with E-state index in [4.69, 9.17) is 10.7 Å². The van der Waals surface area contributed by atoms with Crippen molar-refractivity contribution in [1.29, 1.82) is 0 Å². The fourth-order valence-electron chi connectivity index (χ4n) is 4.06. The van der Waals surface area contributed by atoms with Gasteiger partial charge in [0.05, 0.1) is 5.69 Å². The molecule has 0 bridgehead atoms. The van der Waals surface area contributed by atoms with Crippen LogP contribution in [0, 0.1) is 11.8 Å². The van der Waals surface area contributed by atoms with E-state index in [9.17, 15) is 0 Å². The number of nitrogens with two attached hydrogens (primary N) is 1. The first kappa shape index (κ1) is 14.4. The van der Waals surface area contributed by atoms with Gasteiger partial charge in [0.2, 0.25) is 0 Å². The minimum Gasteiger partial charge on any atom is -0.327 e. The van der Waals surface area contributed by atoms with Gasteiger partial charge in [-0.05, 0) is 24.7 Å². The number of rotatable bonds is 3. The van der Waals surface area contributed by atoms with Gasteiger partial charge in [0.1, 0.15) is 5.01 Å². The molecule has 0 spiro atoms. The Hall–Kier alpha value is -1.23. The summed E-state index contributed by atoms with van der Waals surface area (Å²) in [6.07, 6.45) is 3.89. The SMILES string of the molecule is NC1CCCC2CN(Cc3csc(-c4ccccc4)n3)CC12. The Morgan fingerprint density at radius 3 is 2.86 bits per heavy atom. The molecule has 0 amide bonds. The summed E-state index contributed by atoms with van der Waals surface area (Å²) in [4.78, 5) is 7.39. The molecule has 1 saturated heterocycles. The summed E-state index contributed by atoms with van der Waals surface area (Å²) in [5, 5.41) is 3.34. The van der Waals surface area contributed by atoms with Crippen LogP contribution in [0.2, 0.25) is 0 Å². The lowest BCUT2D eigenvalue weighted by Gasteiger charge is -2.29. The average molecular weight is 313 g/mol. The van der Waals surface area contributed by atoms with Crippen molar-refractivity contribution in [3.63, 3.8) is 0 Å². The molecule has 1 saturated carbocycles. The second-order valence-electron chi connectivity index (χ2n) is 6.72. The standard InChI is InChI=1S/C18H23N3S/c19-17-8-4-7-14-9-21(11-16(14)17)10-15-12-22-18(20-15)13-5-2-1-3-6-13/h1-3,5-6,12,14,16-17H,4,7-11,19H2. The number of aromatic nitrogens is 1. The quantitative estimate of drug-likeness (QED) is 0.944. The zero-order valence-electron chi connectivity index (χ0n) is 12.8. The van der Waals surface area contributed by atoms with Crippen molar-refractivity contribution in [2.75, 3.05) is 13.1 Å². The Morgan fingerprint density at radius 1 is 1.18 bits per heavy atom. The van der Waals surface area contributed by atoms with Gasteiger partial charge in [-0.15, -0.1) is 11.3 Å². The van der Waals surface area contributed by atoms with Crippen LogP contribution in [0.25, 0.3) is 10.6 Å². The summed E-state index contributed by atoms with van der Waals surface area (Å²) in [5.74, 6) is 1.52. The molecule has 2 N–H and O–H groups in total. The van der Waals surface area contributed by atoms with Crippen LogP contribution in [0.4, 0.5) is 0 Å². The molecule has 4 rings (SSSR count). The molecule has 3 atom stereocenters. The van der Waals surface area contributed by atoms with Crippen LogP contribution in [-0.2, 0) is 6.54 Å². The van der Waals surface area contributed by atoms with Crippen molar-refractivity contribution in [2.45, 2.75) is 31.8 Å². The molecular formula is C18H23N3S. The predicted octanol–water partition coefficient (Wildman–Crippen LogP) is 3.37. The van der Waals surface area contributed by atoms with E-state index in [1.165, 1.54) is 37.1 Å². The maximum absolute atomic E-state index is 6.32. The first-order chi connectivity index (χ1) is 10.8. The van der Waals surface area contributed by atoms with Gasteiger partial charge in [-0.25, -0.2) is 4.98 Å². The minimum atomic E-state index is 0.416. The first-order valence-electron chi connectivity index (χ1n) is 8.27. The summed E-state index contributed by atoms with van der Waals surface area (Å²) in [5.41, 5.74) is 8.74. The fraction of sp³-hybridized carbons (Fsp3) is 0.500. The molecule has 2 aromatic rings. The fourth-order valence-corrected chi connectivity index (χ4v) is 4.88. The average Bonchev–Trinajstić information content (AvgIpc) is 3.16. The molecule has 1 aromatic heterocycles. The Morgan fingerprint density at radius 2 is 2.05 bits per heavy atom. The van der Waals surface area contributed by atoms with Crippen molar-refractivity contribution in [3.05, 3.63) is 41.4 Å². The van der Waals surface area contributed by atoms with E-state index in [-0.39, 0.29) is 0 Å². The molecule has 1 aromatic carbocycles. The molecule has 1 aliphatic carbocycles. The van der Waals surface area contributed by atoms with E-state index < -0.39 is 0 Å². The van der Waals surface area contributed by atoms with Gasteiger partial charge >= 0.3 is 0 Å². The van der Waals surface area contributed by atoms with Gasteiger partial charge in [-0.1, -0.05) is 36.8 Å². The topological polar surface area (TPSA) is 42.1 Å². The highest BCUT2D eigenvalue weighted by molar-refractivity contribution is 7.13. The van der Waals surface area contributed by atoms with Gasteiger partial charge < -0.3 is 5.73 Å². The highest BCUT2D eigenvalue weighted by Gasteiger charge is 2.38. The van der Waals surface area contributed by atoms with Crippen LogP contribution in [0.5, 0.6) is 0 Å². The molecule has 1 aliphatic heterocycles. The van der Waals surface area contributed by atoms with E-state index >= 15 is 0 Å². The third-order valence-electron chi connectivity index (χ3n) is 5.19. The predicted molar refractivity (Wildman–Crippen MR) is 91.6 cm³/mol. The molecule has 3 nitrogen and oxygen atoms in total. The Balaban J connectivity index is 1.43. The summed E-state index contributed by atoms with van der Waals surface area (Å²) in [6, 6.07) is 10.9. The van der Waals surface area contributed by atoms with Gasteiger partial charge in [-0.2, -0.15) is 0 Å². The van der Waals surface area contributed by atoms with Crippen molar-refractivity contribution in [2.24, 2.45) is 17.6 Å². The van der Waals surface area contributed by atoms with Crippen molar-refractivity contribution >= 4 is 11.3 Å². The molecule has 2 fully saturated rings. The van der Waals surface area contributed by atoms with Crippen LogP contribution in [0.3, 0.4) is 0 Å². The van der Waals surface area contributed by atoms with E-state index in [1.54, 1.807) is 11.3 Å². The van der Waals surface area contributed by atoms with E-state index in [2.05, 4.69) is 34.5 Å². The van der Waals surface area contributed by atoms with E-state index in [0.717, 1.165) is 24.0 Å². The van der Waals surface area contributed by atoms with Crippen LogP contribution in [-0.4, -0.2) is 29.0 Å². The van der Waals surface area contributed by atoms with Gasteiger partial charge in [0, 0.05) is 36.6 Å². The molecule has 2 aliphatic rings. The Bertz CT molecular complexity index is 624. The van der Waals surface area contributed by atoms with Crippen LogP contribution in [0.15, 0.2) is 35.7 Å². The summed E-state index contributed by atoms with van der Waals surface area (Å²) >= 11 is 1.75. The van der Waals surface area contributed by atoms with Crippen LogP contribution in [0.1, 0.15) is 25.0 Å². The Labute approximate surface area is 136 Å². The normalized spacial score (nSPS) is 28.7. The molecule has 0 radical (unpaired) electrons. The highest BCUT2D eigenvalue weighted by atomic mass is 32.1. The van der Waals surface area contributed by atoms with Gasteiger partial charge in [-0.3, -0.25) is 4.90 Å². The van der Waals surface area contributed by atoms with E-state index in [1.807, 2.05) is 6.07 Å². The lowest BCUT2D eigenvalue weighted by molar-refractivity contribution is 0.259. The number of hydrogen-bond acceptors (Lipinski definition) is 4. The zero-order chi connectivity index (χ0) is 14.9. The third-order valence-corrected chi connectivity index (χ3v) is 6.13. The molecule has 2 heterocycles. The van der Waals surface area contributed by atoms with Crippen molar-refractivity contribution < 1.29 is 0 Å². The molecule has 116 valence electrons. The maximum atomic E-state index is 6.32. The largest absolute Gasteiger partial charge is 0.327 e. The van der Waals surface area contributed by atoms with Crippen LogP contribution >= 0.6 is 11.3 Å². The number of fused-ring (bicyclic) bond motifs is 1. The van der Waals surface area contributed by atoms with Gasteiger partial charge in [0.15, 0.2) is 0 Å². The van der Waals surface area contributed by atoms with Crippen molar-refractivity contribution in [1.82, 2.24) is 9.88 Å². The Kier molecular flexibility index (Phi) is 3.99. The number of benzene rings is 1. The van der Waals surface area contributed by atoms with Crippen molar-refractivity contribution in [3.8, 4) is 10.6 Å². The molecule has 3 unspecified atom stereocenters. The smallest absolute Gasteiger partial charge is 0.123 e.